The summed E-state index contributed by atoms with van der Waals surface area (Å²) in [4.78, 5) is 9.55. The van der Waals surface area contributed by atoms with Crippen molar-refractivity contribution >= 4 is 21.5 Å². The molecule has 2 aromatic heterocycles. The molecule has 0 aliphatic heterocycles. The zero-order valence-electron chi connectivity index (χ0n) is 33.2. The summed E-state index contributed by atoms with van der Waals surface area (Å²) >= 11 is 0. The van der Waals surface area contributed by atoms with Crippen LogP contribution in [0.4, 0.5) is 0 Å². The molecular weight excluding hydrogens is 744 g/mol. The average Bonchev–Trinajstić information content (AvgIpc) is 3.65. The number of fused-ring (bicyclic) bond motifs is 2. The molecule has 6 aromatic carbocycles. The van der Waals surface area contributed by atoms with E-state index in [2.05, 4.69) is 122 Å². The van der Waals surface area contributed by atoms with Crippen molar-refractivity contribution in [3.63, 3.8) is 0 Å². The summed E-state index contributed by atoms with van der Waals surface area (Å²) in [6.45, 7) is 24.8. The van der Waals surface area contributed by atoms with Crippen LogP contribution in [0.25, 0.3) is 44.2 Å². The van der Waals surface area contributed by atoms with Crippen LogP contribution >= 0.6 is 0 Å². The maximum Gasteiger partial charge on any atom is 4.00 e. The van der Waals surface area contributed by atoms with E-state index in [1.807, 2.05) is 115 Å². The summed E-state index contributed by atoms with van der Waals surface area (Å²) in [5.41, 5.74) is 10.1. The number of nitrogens with zero attached hydrogens (tertiary/aromatic N) is 2. The Bertz CT molecular complexity index is 2260. The van der Waals surface area contributed by atoms with Crippen LogP contribution in [0.1, 0.15) is 69.4 Å². The molecule has 8 aromatic rings. The molecule has 0 aliphatic rings. The largest absolute Gasteiger partial charge is 4.00 e. The van der Waals surface area contributed by atoms with E-state index in [9.17, 15) is 0 Å². The van der Waals surface area contributed by atoms with Crippen molar-refractivity contribution in [3.05, 3.63) is 219 Å². The minimum atomic E-state index is 0. The minimum Gasteiger partial charge on any atom is -0.656 e. The molecule has 2 nitrogen and oxygen atoms in total. The van der Waals surface area contributed by atoms with Crippen LogP contribution < -0.4 is 4.98 Å². The van der Waals surface area contributed by atoms with Crippen LogP contribution in [0.3, 0.4) is 0 Å². The van der Waals surface area contributed by atoms with E-state index in [1.54, 1.807) is 0 Å². The second kappa shape index (κ2) is 19.4. The molecule has 0 bridgehead atoms. The van der Waals surface area contributed by atoms with Gasteiger partial charge < -0.3 is 4.98 Å². The smallest absolute Gasteiger partial charge is 0.656 e. The maximum atomic E-state index is 5.05. The van der Waals surface area contributed by atoms with Gasteiger partial charge in [-0.15, -0.1) is 47.8 Å². The number of aromatic nitrogens is 2. The predicted molar refractivity (Wildman–Crippen MR) is 234 cm³/mol. The molecule has 0 atom stereocenters. The van der Waals surface area contributed by atoms with Crippen molar-refractivity contribution in [1.82, 2.24) is 9.97 Å². The summed E-state index contributed by atoms with van der Waals surface area (Å²) in [7, 11) is 0. The fraction of sp³-hybridized carbons (Fsp3) is 0.154. The maximum absolute atomic E-state index is 5.05. The summed E-state index contributed by atoms with van der Waals surface area (Å²) < 4.78 is 0. The van der Waals surface area contributed by atoms with E-state index in [-0.39, 0.29) is 37.0 Å². The Hall–Kier alpha value is -5.24. The Kier molecular flexibility index (Phi) is 15.0. The summed E-state index contributed by atoms with van der Waals surface area (Å²) in [6, 6.07) is 55.9. The molecule has 274 valence electrons. The van der Waals surface area contributed by atoms with E-state index in [0.717, 1.165) is 33.8 Å². The minimum absolute atomic E-state index is 0. The zero-order chi connectivity index (χ0) is 38.7. The standard InChI is InChI=1S/C31H31N2.3C7H7.Zr/c1-30(2,3)22-12-13-24-21(18-22)17-20-10-11-23(31(4,5)6)19-25(20)29(24)28-15-14-27(33-28)26-9-7-8-16-32-26;3*1-7-5-3-2-4-6-7;/h7-19H,1-6H3;3*2-6H,1H2;/q4*-1;+4. The molecule has 0 amide bonds. The SMILES string of the molecule is CC(C)(C)c1ccc2c(-c3ccc(-c4ccccn4)[n-]3)c3cc(C(C)(C)C)ccc3cc2c1.[CH2-]c1ccccc1.[CH2-]c1ccccc1.[CH2-]c1ccccc1.[Zr+4]. The second-order valence-electron chi connectivity index (χ2n) is 15.5. The van der Waals surface area contributed by atoms with Crippen LogP contribution in [0.15, 0.2) is 170 Å². The third-order valence-corrected chi connectivity index (χ3v) is 9.04. The molecule has 0 unspecified atom stereocenters. The topological polar surface area (TPSA) is 27.0 Å². The van der Waals surface area contributed by atoms with Gasteiger partial charge in [0.25, 0.3) is 0 Å². The van der Waals surface area contributed by atoms with E-state index in [4.69, 9.17) is 4.98 Å². The molecule has 0 spiro atoms. The van der Waals surface area contributed by atoms with Crippen LogP contribution in [0.2, 0.25) is 0 Å². The van der Waals surface area contributed by atoms with Crippen LogP contribution in [0.5, 0.6) is 0 Å². The van der Waals surface area contributed by atoms with E-state index in [0.29, 0.717) is 0 Å². The normalized spacial score (nSPS) is 10.8. The summed E-state index contributed by atoms with van der Waals surface area (Å²) in [6.07, 6.45) is 1.82. The number of hydrogen-bond donors (Lipinski definition) is 0. The van der Waals surface area contributed by atoms with Crippen LogP contribution in [-0.4, -0.2) is 4.98 Å². The monoisotopic (exact) mass is 794 g/mol. The van der Waals surface area contributed by atoms with E-state index >= 15 is 0 Å². The number of hydrogen-bond acceptors (Lipinski definition) is 1. The molecule has 0 aliphatic carbocycles. The molecule has 0 saturated heterocycles. The molecule has 8 rings (SSSR count). The Labute approximate surface area is 349 Å². The van der Waals surface area contributed by atoms with Crippen molar-refractivity contribution in [2.24, 2.45) is 0 Å². The van der Waals surface area contributed by atoms with Crippen molar-refractivity contribution in [3.8, 4) is 22.6 Å². The van der Waals surface area contributed by atoms with Crippen molar-refractivity contribution < 1.29 is 26.2 Å². The molecule has 0 N–H and O–H groups in total. The summed E-state index contributed by atoms with van der Waals surface area (Å²) in [5.74, 6) is 0. The molecule has 55 heavy (non-hydrogen) atoms. The Morgan fingerprint density at radius 1 is 0.436 bits per heavy atom. The van der Waals surface area contributed by atoms with Gasteiger partial charge in [-0.2, -0.15) is 73.9 Å². The van der Waals surface area contributed by atoms with Crippen molar-refractivity contribution in [2.45, 2.75) is 52.4 Å². The fourth-order valence-corrected chi connectivity index (χ4v) is 5.92. The van der Waals surface area contributed by atoms with Crippen molar-refractivity contribution in [1.29, 1.82) is 0 Å². The summed E-state index contributed by atoms with van der Waals surface area (Å²) in [5, 5.41) is 5.01. The molecule has 2 heterocycles. The second-order valence-corrected chi connectivity index (χ2v) is 15.5. The van der Waals surface area contributed by atoms with E-state index in [1.165, 1.54) is 38.2 Å². The van der Waals surface area contributed by atoms with Gasteiger partial charge in [0.15, 0.2) is 0 Å². The van der Waals surface area contributed by atoms with Gasteiger partial charge in [-0.25, -0.2) is 0 Å². The van der Waals surface area contributed by atoms with Gasteiger partial charge in [0.2, 0.25) is 0 Å². The zero-order valence-corrected chi connectivity index (χ0v) is 35.6. The van der Waals surface area contributed by atoms with Gasteiger partial charge in [0.1, 0.15) is 0 Å². The van der Waals surface area contributed by atoms with Gasteiger partial charge in [0.05, 0.1) is 0 Å². The predicted octanol–water partition coefficient (Wildman–Crippen LogP) is 13.9. The third-order valence-electron chi connectivity index (χ3n) is 9.04. The van der Waals surface area contributed by atoms with Gasteiger partial charge in [0, 0.05) is 11.9 Å². The van der Waals surface area contributed by atoms with Gasteiger partial charge in [-0.05, 0) is 67.3 Å². The first-order valence-corrected chi connectivity index (χ1v) is 18.5. The molecule has 0 saturated carbocycles. The first kappa shape index (κ1) is 42.5. The Morgan fingerprint density at radius 2 is 0.909 bits per heavy atom. The fourth-order valence-electron chi connectivity index (χ4n) is 5.92. The molecule has 3 heteroatoms. The van der Waals surface area contributed by atoms with Gasteiger partial charge >= 0.3 is 26.2 Å². The molecule has 0 radical (unpaired) electrons. The Balaban J connectivity index is 0.000000246. The quantitative estimate of drug-likeness (QED) is 0.129. The first-order valence-electron chi connectivity index (χ1n) is 18.5. The van der Waals surface area contributed by atoms with Gasteiger partial charge in [-0.1, -0.05) is 114 Å². The Morgan fingerprint density at radius 3 is 1.36 bits per heavy atom. The number of benzene rings is 6. The molecule has 0 fully saturated rings. The number of pyridine rings is 1. The van der Waals surface area contributed by atoms with Crippen molar-refractivity contribution in [2.75, 3.05) is 0 Å². The van der Waals surface area contributed by atoms with Crippen LogP contribution in [-0.2, 0) is 37.0 Å². The van der Waals surface area contributed by atoms with E-state index < -0.39 is 0 Å². The third kappa shape index (κ3) is 12.1. The van der Waals surface area contributed by atoms with Gasteiger partial charge in [-0.3, -0.25) is 4.98 Å². The van der Waals surface area contributed by atoms with Crippen LogP contribution in [0, 0.1) is 20.8 Å². The average molecular weight is 796 g/mol. The first-order chi connectivity index (χ1) is 25.8. The molecular formula is C52H52N2Zr. The number of rotatable bonds is 2.